The summed E-state index contributed by atoms with van der Waals surface area (Å²) in [5.41, 5.74) is 6.79. The average Bonchev–Trinajstić information content (AvgIpc) is 3.09. The highest BCUT2D eigenvalue weighted by Gasteiger charge is 2.53. The standard InChI is InChI=1S/C14H14N2O4/c15-9-5-19-12-10(6-20-11(9)12)16-13(17)7-3-1-2-4-8(7)14(16)18/h1-4,9-12H,5-6,15H2/t9-,10+,11?,12?/m1/s1. The molecule has 104 valence electrons. The number of benzene rings is 1. The summed E-state index contributed by atoms with van der Waals surface area (Å²) in [6, 6.07) is 6.27. The van der Waals surface area contributed by atoms with Gasteiger partial charge in [-0.15, -0.1) is 0 Å². The predicted molar refractivity (Wildman–Crippen MR) is 68.2 cm³/mol. The number of hydrogen-bond acceptors (Lipinski definition) is 5. The van der Waals surface area contributed by atoms with E-state index in [0.717, 1.165) is 0 Å². The lowest BCUT2D eigenvalue weighted by atomic mass is 10.1. The molecule has 20 heavy (non-hydrogen) atoms. The Morgan fingerprint density at radius 2 is 1.60 bits per heavy atom. The molecule has 2 unspecified atom stereocenters. The summed E-state index contributed by atoms with van der Waals surface area (Å²) in [6.07, 6.45) is -0.545. The van der Waals surface area contributed by atoms with Crippen LogP contribution >= 0.6 is 0 Å². The van der Waals surface area contributed by atoms with Gasteiger partial charge in [0.2, 0.25) is 0 Å². The smallest absolute Gasteiger partial charge is 0.261 e. The quantitative estimate of drug-likeness (QED) is 0.716. The van der Waals surface area contributed by atoms with Crippen LogP contribution in [-0.4, -0.2) is 54.2 Å². The number of ether oxygens (including phenoxy) is 2. The Hall–Kier alpha value is -1.76. The van der Waals surface area contributed by atoms with Gasteiger partial charge in [0.25, 0.3) is 11.8 Å². The topological polar surface area (TPSA) is 81.9 Å². The molecule has 2 fully saturated rings. The van der Waals surface area contributed by atoms with E-state index in [9.17, 15) is 9.59 Å². The first kappa shape index (κ1) is 12.0. The largest absolute Gasteiger partial charge is 0.371 e. The zero-order valence-corrected chi connectivity index (χ0v) is 10.7. The van der Waals surface area contributed by atoms with Crippen molar-refractivity contribution in [3.05, 3.63) is 35.4 Å². The first-order valence-electron chi connectivity index (χ1n) is 6.64. The lowest BCUT2D eigenvalue weighted by molar-refractivity contribution is 0.0315. The van der Waals surface area contributed by atoms with Gasteiger partial charge in [-0.1, -0.05) is 12.1 Å². The molecule has 2 saturated heterocycles. The van der Waals surface area contributed by atoms with Crippen molar-refractivity contribution in [2.24, 2.45) is 5.73 Å². The van der Waals surface area contributed by atoms with Crippen molar-refractivity contribution < 1.29 is 19.1 Å². The SMILES string of the molecule is N[C@@H]1COC2C1OC[C@@H]2N1C(=O)c2ccccc2C1=O. The molecule has 3 aliphatic rings. The first-order valence-corrected chi connectivity index (χ1v) is 6.64. The highest BCUT2D eigenvalue weighted by atomic mass is 16.6. The second-order valence-corrected chi connectivity index (χ2v) is 5.35. The fourth-order valence-electron chi connectivity index (χ4n) is 3.24. The molecule has 6 nitrogen and oxygen atoms in total. The van der Waals surface area contributed by atoms with E-state index in [1.54, 1.807) is 24.3 Å². The average molecular weight is 274 g/mol. The van der Waals surface area contributed by atoms with E-state index in [2.05, 4.69) is 0 Å². The summed E-state index contributed by atoms with van der Waals surface area (Å²) in [5, 5.41) is 0. The van der Waals surface area contributed by atoms with Crippen LogP contribution in [-0.2, 0) is 9.47 Å². The van der Waals surface area contributed by atoms with E-state index >= 15 is 0 Å². The van der Waals surface area contributed by atoms with Crippen LogP contribution in [0.5, 0.6) is 0 Å². The lowest BCUT2D eigenvalue weighted by Crippen LogP contribution is -2.48. The second kappa shape index (κ2) is 4.12. The van der Waals surface area contributed by atoms with Crippen molar-refractivity contribution in [2.45, 2.75) is 24.3 Å². The summed E-state index contributed by atoms with van der Waals surface area (Å²) in [4.78, 5) is 26.1. The molecule has 0 radical (unpaired) electrons. The molecule has 3 aliphatic heterocycles. The van der Waals surface area contributed by atoms with E-state index in [-0.39, 0.29) is 42.7 Å². The van der Waals surface area contributed by atoms with E-state index in [1.165, 1.54) is 4.90 Å². The molecule has 6 heteroatoms. The Bertz CT molecular complexity index is 568. The second-order valence-electron chi connectivity index (χ2n) is 5.35. The van der Waals surface area contributed by atoms with Crippen molar-refractivity contribution >= 4 is 11.8 Å². The molecule has 4 atom stereocenters. The number of carbonyl (C=O) groups is 2. The summed E-state index contributed by atoms with van der Waals surface area (Å²) in [5.74, 6) is -0.548. The van der Waals surface area contributed by atoms with Gasteiger partial charge in [-0.3, -0.25) is 14.5 Å². The van der Waals surface area contributed by atoms with Crippen molar-refractivity contribution in [1.29, 1.82) is 0 Å². The number of nitrogens with two attached hydrogens (primary N) is 1. The Morgan fingerprint density at radius 1 is 1.00 bits per heavy atom. The molecule has 2 N–H and O–H groups in total. The van der Waals surface area contributed by atoms with E-state index < -0.39 is 0 Å². The molecule has 2 amide bonds. The molecule has 3 heterocycles. The number of fused-ring (bicyclic) bond motifs is 2. The van der Waals surface area contributed by atoms with Crippen LogP contribution < -0.4 is 5.73 Å². The molecule has 1 aromatic carbocycles. The fourth-order valence-corrected chi connectivity index (χ4v) is 3.24. The number of rotatable bonds is 1. The molecule has 1 aromatic rings. The number of nitrogens with zero attached hydrogens (tertiary/aromatic N) is 1. The highest BCUT2D eigenvalue weighted by molar-refractivity contribution is 6.21. The minimum atomic E-state index is -0.388. The van der Waals surface area contributed by atoms with Gasteiger partial charge >= 0.3 is 0 Å². The number of hydrogen-bond donors (Lipinski definition) is 1. The Balaban J connectivity index is 1.68. The third-order valence-electron chi connectivity index (χ3n) is 4.22. The maximum absolute atomic E-state index is 12.4. The van der Waals surface area contributed by atoms with Crippen LogP contribution in [0.1, 0.15) is 20.7 Å². The first-order chi connectivity index (χ1) is 9.68. The number of amides is 2. The van der Waals surface area contributed by atoms with Gasteiger partial charge in [0.1, 0.15) is 12.2 Å². The molecular weight excluding hydrogens is 260 g/mol. The van der Waals surface area contributed by atoms with Gasteiger partial charge in [-0.2, -0.15) is 0 Å². The lowest BCUT2D eigenvalue weighted by Gasteiger charge is -2.24. The van der Waals surface area contributed by atoms with Crippen molar-refractivity contribution in [3.63, 3.8) is 0 Å². The van der Waals surface area contributed by atoms with Crippen LogP contribution in [0.2, 0.25) is 0 Å². The molecular formula is C14H14N2O4. The van der Waals surface area contributed by atoms with Gasteiger partial charge in [0.05, 0.1) is 36.4 Å². The molecule has 4 rings (SSSR count). The van der Waals surface area contributed by atoms with E-state index in [4.69, 9.17) is 15.2 Å². The van der Waals surface area contributed by atoms with Crippen LogP contribution in [0.4, 0.5) is 0 Å². The highest BCUT2D eigenvalue weighted by Crippen LogP contribution is 2.33. The van der Waals surface area contributed by atoms with Gasteiger partial charge in [0, 0.05) is 0 Å². The number of carbonyl (C=O) groups excluding carboxylic acids is 2. The monoisotopic (exact) mass is 274 g/mol. The minimum absolute atomic E-state index is 0.194. The Kier molecular flexibility index (Phi) is 2.47. The van der Waals surface area contributed by atoms with Crippen LogP contribution in [0.3, 0.4) is 0 Å². The van der Waals surface area contributed by atoms with Crippen molar-refractivity contribution in [3.8, 4) is 0 Å². The third-order valence-corrected chi connectivity index (χ3v) is 4.22. The molecule has 0 saturated carbocycles. The normalized spacial score (nSPS) is 35.5. The van der Waals surface area contributed by atoms with Crippen LogP contribution in [0, 0.1) is 0 Å². The van der Waals surface area contributed by atoms with E-state index in [0.29, 0.717) is 17.7 Å². The predicted octanol–water partition coefficient (Wildman–Crippen LogP) is -0.224. The maximum Gasteiger partial charge on any atom is 0.261 e. The third kappa shape index (κ3) is 1.44. The zero-order valence-electron chi connectivity index (χ0n) is 10.7. The minimum Gasteiger partial charge on any atom is -0.371 e. The molecule has 0 bridgehead atoms. The number of imide groups is 1. The van der Waals surface area contributed by atoms with Gasteiger partial charge in [0.15, 0.2) is 0 Å². The van der Waals surface area contributed by atoms with E-state index in [1.807, 2.05) is 0 Å². The zero-order chi connectivity index (χ0) is 13.9. The van der Waals surface area contributed by atoms with Gasteiger partial charge < -0.3 is 15.2 Å². The molecule has 0 spiro atoms. The molecule has 0 aromatic heterocycles. The van der Waals surface area contributed by atoms with Crippen LogP contribution in [0.15, 0.2) is 24.3 Å². The van der Waals surface area contributed by atoms with Crippen molar-refractivity contribution in [2.75, 3.05) is 13.2 Å². The Morgan fingerprint density at radius 3 is 2.25 bits per heavy atom. The summed E-state index contributed by atoms with van der Waals surface area (Å²) in [7, 11) is 0. The van der Waals surface area contributed by atoms with Crippen LogP contribution in [0.25, 0.3) is 0 Å². The summed E-state index contributed by atoms with van der Waals surface area (Å²) < 4.78 is 11.2. The summed E-state index contributed by atoms with van der Waals surface area (Å²) >= 11 is 0. The van der Waals surface area contributed by atoms with Crippen molar-refractivity contribution in [1.82, 2.24) is 4.90 Å². The molecule has 0 aliphatic carbocycles. The summed E-state index contributed by atoms with van der Waals surface area (Å²) in [6.45, 7) is 0.684. The van der Waals surface area contributed by atoms with Gasteiger partial charge in [-0.25, -0.2) is 0 Å². The van der Waals surface area contributed by atoms with Gasteiger partial charge in [-0.05, 0) is 12.1 Å². The maximum atomic E-state index is 12.4. The Labute approximate surface area is 115 Å². The fraction of sp³-hybridized carbons (Fsp3) is 0.429.